The molecule has 0 aliphatic heterocycles. The lowest BCUT2D eigenvalue weighted by atomic mass is 10.0. The Morgan fingerprint density at radius 3 is 1.51 bits per heavy atom. The van der Waals surface area contributed by atoms with Crippen LogP contribution in [0, 0.1) is 0 Å². The zero-order chi connectivity index (χ0) is 33.5. The van der Waals surface area contributed by atoms with E-state index in [9.17, 15) is 0 Å². The predicted molar refractivity (Wildman–Crippen MR) is 208 cm³/mol. The van der Waals surface area contributed by atoms with Crippen LogP contribution >= 0.6 is 0 Å². The molecule has 11 rings (SSSR count). The fourth-order valence-corrected chi connectivity index (χ4v) is 8.16. The molecule has 0 spiro atoms. The highest BCUT2D eigenvalue weighted by molar-refractivity contribution is 6.40. The van der Waals surface area contributed by atoms with Crippen LogP contribution in [0.2, 0.25) is 0 Å². The number of pyridine rings is 3. The summed E-state index contributed by atoms with van der Waals surface area (Å²) in [6.07, 6.45) is 3.69. The first-order chi connectivity index (χ1) is 25.4. The predicted octanol–water partition coefficient (Wildman–Crippen LogP) is 10.8. The van der Waals surface area contributed by atoms with E-state index in [2.05, 4.69) is 146 Å². The van der Waals surface area contributed by atoms with Gasteiger partial charge in [0.2, 0.25) is 0 Å². The first-order valence-corrected chi connectivity index (χ1v) is 17.1. The molecule has 0 atom stereocenters. The number of benzene rings is 5. The Hall–Kier alpha value is -7.05. The Balaban J connectivity index is 1.47. The molecule has 0 aliphatic rings. The lowest BCUT2D eigenvalue weighted by Gasteiger charge is -2.14. The Morgan fingerprint density at radius 1 is 0.333 bits per heavy atom. The Kier molecular flexibility index (Phi) is 5.86. The highest BCUT2D eigenvalue weighted by Crippen LogP contribution is 2.49. The van der Waals surface area contributed by atoms with Gasteiger partial charge in [-0.1, -0.05) is 91.0 Å². The van der Waals surface area contributed by atoms with Crippen molar-refractivity contribution in [2.45, 2.75) is 0 Å². The summed E-state index contributed by atoms with van der Waals surface area (Å²) in [5.41, 5.74) is 9.46. The molecule has 5 aromatic carbocycles. The fraction of sp³-hybridized carbons (Fsp3) is 0. The molecule has 6 aromatic heterocycles. The topological polar surface area (TPSA) is 53.5 Å². The van der Waals surface area contributed by atoms with Crippen LogP contribution < -0.4 is 0 Å². The van der Waals surface area contributed by atoms with Crippen LogP contribution in [0.4, 0.5) is 0 Å². The molecule has 51 heavy (non-hydrogen) atoms. The third kappa shape index (κ3) is 3.90. The molecule has 6 heteroatoms. The molecule has 6 heterocycles. The highest BCUT2D eigenvalue weighted by atomic mass is 15.1. The molecule has 0 amide bonds. The molecule has 238 valence electrons. The van der Waals surface area contributed by atoms with Gasteiger partial charge in [0, 0.05) is 50.4 Å². The summed E-state index contributed by atoms with van der Waals surface area (Å²) < 4.78 is 7.15. The van der Waals surface area contributed by atoms with Gasteiger partial charge in [-0.3, -0.25) is 14.1 Å². The lowest BCUT2D eigenvalue weighted by Crippen LogP contribution is -2.02. The Bertz CT molecular complexity index is 3120. The van der Waals surface area contributed by atoms with Gasteiger partial charge in [0.1, 0.15) is 11.6 Å². The highest BCUT2D eigenvalue weighted by Gasteiger charge is 2.29. The zero-order valence-electron chi connectivity index (χ0n) is 27.3. The van der Waals surface area contributed by atoms with E-state index in [1.807, 2.05) is 42.7 Å². The third-order valence-corrected chi connectivity index (χ3v) is 10.1. The van der Waals surface area contributed by atoms with Crippen molar-refractivity contribution in [3.63, 3.8) is 0 Å². The van der Waals surface area contributed by atoms with Crippen LogP contribution in [-0.2, 0) is 0 Å². The Morgan fingerprint density at radius 2 is 0.843 bits per heavy atom. The average Bonchev–Trinajstić information content (AvgIpc) is 3.85. The van der Waals surface area contributed by atoms with Gasteiger partial charge in [-0.05, 0) is 66.7 Å². The molecule has 0 N–H and O–H groups in total. The summed E-state index contributed by atoms with van der Waals surface area (Å²) >= 11 is 0. The molecule has 6 nitrogen and oxygen atoms in total. The minimum Gasteiger partial charge on any atom is -0.309 e. The Labute approximate surface area is 292 Å². The molecule has 0 aliphatic carbocycles. The van der Waals surface area contributed by atoms with E-state index in [-0.39, 0.29) is 0 Å². The van der Waals surface area contributed by atoms with Gasteiger partial charge < -0.3 is 4.57 Å². The normalized spacial score (nSPS) is 11.9. The monoisotopic (exact) mass is 652 g/mol. The van der Waals surface area contributed by atoms with Gasteiger partial charge in [-0.15, -0.1) is 0 Å². The number of hydrogen-bond acceptors (Lipinski definition) is 3. The van der Waals surface area contributed by atoms with E-state index in [1.165, 1.54) is 32.4 Å². The molecular formula is C45H28N6. The number of rotatable bonds is 4. The first kappa shape index (κ1) is 27.9. The minimum atomic E-state index is 0.822. The van der Waals surface area contributed by atoms with Crippen molar-refractivity contribution in [1.82, 2.24) is 28.7 Å². The summed E-state index contributed by atoms with van der Waals surface area (Å²) in [4.78, 5) is 14.9. The molecular weight excluding hydrogens is 625 g/mol. The van der Waals surface area contributed by atoms with Gasteiger partial charge in [0.15, 0.2) is 0 Å². The van der Waals surface area contributed by atoms with Crippen LogP contribution in [0.15, 0.2) is 170 Å². The number of para-hydroxylation sites is 4. The fourth-order valence-electron chi connectivity index (χ4n) is 8.16. The van der Waals surface area contributed by atoms with E-state index < -0.39 is 0 Å². The quantitative estimate of drug-likeness (QED) is 0.190. The molecule has 0 unspecified atom stereocenters. The molecule has 0 radical (unpaired) electrons. The maximum Gasteiger partial charge on any atom is 0.138 e. The van der Waals surface area contributed by atoms with E-state index in [1.54, 1.807) is 0 Å². The SMILES string of the molecule is c1ccc(-n2c3ccccc3c3c4c5ccccc5n(-c5cccc(-c6ccccn6)n5)c4c4c(c5ccccc5n4-c4ccccn4)c32)cc1. The maximum atomic E-state index is 5.31. The second-order valence-electron chi connectivity index (χ2n) is 12.8. The summed E-state index contributed by atoms with van der Waals surface area (Å²) in [6, 6.07) is 55.3. The summed E-state index contributed by atoms with van der Waals surface area (Å²) in [5, 5.41) is 7.11. The molecule has 0 bridgehead atoms. The van der Waals surface area contributed by atoms with Crippen molar-refractivity contribution < 1.29 is 0 Å². The first-order valence-electron chi connectivity index (χ1n) is 17.1. The smallest absolute Gasteiger partial charge is 0.138 e. The van der Waals surface area contributed by atoms with Crippen molar-refractivity contribution in [3.8, 4) is 28.7 Å². The second-order valence-corrected chi connectivity index (χ2v) is 12.8. The summed E-state index contributed by atoms with van der Waals surface area (Å²) in [6.45, 7) is 0. The molecule has 0 saturated carbocycles. The second kappa shape index (κ2) is 10.7. The van der Waals surface area contributed by atoms with E-state index in [0.29, 0.717) is 0 Å². The van der Waals surface area contributed by atoms with Crippen LogP contribution in [0.5, 0.6) is 0 Å². The van der Waals surface area contributed by atoms with Crippen LogP contribution in [0.25, 0.3) is 94.1 Å². The van der Waals surface area contributed by atoms with Crippen LogP contribution in [0.1, 0.15) is 0 Å². The van der Waals surface area contributed by atoms with Crippen molar-refractivity contribution >= 4 is 65.4 Å². The summed E-state index contributed by atoms with van der Waals surface area (Å²) in [5.74, 6) is 1.69. The summed E-state index contributed by atoms with van der Waals surface area (Å²) in [7, 11) is 0. The van der Waals surface area contributed by atoms with Gasteiger partial charge in [0.05, 0.1) is 44.5 Å². The van der Waals surface area contributed by atoms with Crippen LogP contribution in [0.3, 0.4) is 0 Å². The molecule has 0 fully saturated rings. The van der Waals surface area contributed by atoms with Gasteiger partial charge >= 0.3 is 0 Å². The number of aromatic nitrogens is 6. The van der Waals surface area contributed by atoms with E-state index in [4.69, 9.17) is 9.97 Å². The number of hydrogen-bond donors (Lipinski definition) is 0. The number of fused-ring (bicyclic) bond motifs is 12. The maximum absolute atomic E-state index is 5.31. The largest absolute Gasteiger partial charge is 0.309 e. The van der Waals surface area contributed by atoms with Gasteiger partial charge in [-0.2, -0.15) is 0 Å². The lowest BCUT2D eigenvalue weighted by molar-refractivity contribution is 1.06. The minimum absolute atomic E-state index is 0.822. The number of nitrogens with zero attached hydrogens (tertiary/aromatic N) is 6. The van der Waals surface area contributed by atoms with Gasteiger partial charge in [-0.25, -0.2) is 9.97 Å². The van der Waals surface area contributed by atoms with Crippen molar-refractivity contribution in [1.29, 1.82) is 0 Å². The van der Waals surface area contributed by atoms with Crippen molar-refractivity contribution in [2.24, 2.45) is 0 Å². The average molecular weight is 653 g/mol. The van der Waals surface area contributed by atoms with Gasteiger partial charge in [0.25, 0.3) is 0 Å². The van der Waals surface area contributed by atoms with Crippen LogP contribution in [-0.4, -0.2) is 28.7 Å². The molecule has 0 saturated heterocycles. The zero-order valence-corrected chi connectivity index (χ0v) is 27.3. The standard InChI is InChI=1S/C45H28N6/c1-2-15-29(16-3-1)49-35-22-7-4-17-30(35)40-41-31-18-5-8-23-36(31)51(39-26-14-21-34(48-39)33-20-10-12-27-46-33)44(41)45-42(43(40)49)32-19-6-9-24-37(32)50(45)38-25-11-13-28-47-38/h1-28H. The van der Waals surface area contributed by atoms with E-state index in [0.717, 1.165) is 61.7 Å². The molecule has 11 aromatic rings. The van der Waals surface area contributed by atoms with Crippen molar-refractivity contribution in [3.05, 3.63) is 170 Å². The third-order valence-electron chi connectivity index (χ3n) is 10.1. The van der Waals surface area contributed by atoms with Crippen molar-refractivity contribution in [2.75, 3.05) is 0 Å². The van der Waals surface area contributed by atoms with E-state index >= 15 is 0 Å².